The van der Waals surface area contributed by atoms with Crippen LogP contribution in [0.3, 0.4) is 0 Å². The molecular weight excluding hydrogens is 230 g/mol. The molecule has 0 aromatic rings. The van der Waals surface area contributed by atoms with Crippen LogP contribution in [-0.2, 0) is 4.74 Å². The van der Waals surface area contributed by atoms with E-state index in [1.165, 1.54) is 0 Å². The molecule has 1 aliphatic rings. The molecule has 1 unspecified atom stereocenters. The highest BCUT2D eigenvalue weighted by molar-refractivity contribution is 5.67. The van der Waals surface area contributed by atoms with Crippen LogP contribution in [0.25, 0.3) is 0 Å². The van der Waals surface area contributed by atoms with E-state index in [-0.39, 0.29) is 25.4 Å². The summed E-state index contributed by atoms with van der Waals surface area (Å²) in [5.41, 5.74) is -0.571. The van der Waals surface area contributed by atoms with Crippen molar-refractivity contribution >= 4 is 6.09 Å². The van der Waals surface area contributed by atoms with Crippen molar-refractivity contribution in [3.8, 4) is 0 Å². The van der Waals surface area contributed by atoms with Gasteiger partial charge in [-0.25, -0.2) is 13.6 Å². The third-order valence-electron chi connectivity index (χ3n) is 2.34. The van der Waals surface area contributed by atoms with E-state index in [0.717, 1.165) is 0 Å². The summed E-state index contributed by atoms with van der Waals surface area (Å²) in [6.45, 7) is 5.67. The average molecular weight is 250 g/mol. The van der Waals surface area contributed by atoms with Gasteiger partial charge in [0, 0.05) is 19.5 Å². The topological polar surface area (TPSA) is 50.4 Å². The second-order valence-electron chi connectivity index (χ2n) is 5.44. The molecular formula is C11H20F2N2O2. The van der Waals surface area contributed by atoms with Gasteiger partial charge in [-0.15, -0.1) is 0 Å². The fraction of sp³-hybridized carbons (Fsp3) is 0.909. The summed E-state index contributed by atoms with van der Waals surface area (Å²) in [7, 11) is 0. The summed E-state index contributed by atoms with van der Waals surface area (Å²) in [6, 6.07) is 0. The quantitative estimate of drug-likeness (QED) is 0.785. The predicted molar refractivity (Wildman–Crippen MR) is 60.2 cm³/mol. The second kappa shape index (κ2) is 5.16. The van der Waals surface area contributed by atoms with Gasteiger partial charge in [-0.3, -0.25) is 0 Å². The lowest BCUT2D eigenvalue weighted by atomic mass is 9.97. The monoisotopic (exact) mass is 250 g/mol. The third kappa shape index (κ3) is 5.81. The zero-order chi connectivity index (χ0) is 13.1. The Morgan fingerprint density at radius 1 is 1.53 bits per heavy atom. The molecule has 0 radical (unpaired) electrons. The summed E-state index contributed by atoms with van der Waals surface area (Å²) in [6.07, 6.45) is -0.762. The Labute approximate surface area is 100 Å². The number of piperidine rings is 1. The molecule has 1 heterocycles. The largest absolute Gasteiger partial charge is 0.444 e. The lowest BCUT2D eigenvalue weighted by molar-refractivity contribution is -0.0392. The van der Waals surface area contributed by atoms with E-state index in [9.17, 15) is 13.6 Å². The lowest BCUT2D eigenvalue weighted by Crippen LogP contribution is -2.47. The van der Waals surface area contributed by atoms with Crippen molar-refractivity contribution in [3.05, 3.63) is 0 Å². The number of rotatable bonds is 2. The zero-order valence-corrected chi connectivity index (χ0v) is 10.5. The van der Waals surface area contributed by atoms with E-state index >= 15 is 0 Å². The number of halogens is 2. The Balaban J connectivity index is 2.29. The molecule has 0 aromatic carbocycles. The molecule has 1 amide bonds. The molecule has 1 aliphatic heterocycles. The van der Waals surface area contributed by atoms with Crippen LogP contribution in [0.15, 0.2) is 0 Å². The number of carbonyl (C=O) groups excluding carboxylic acids is 1. The van der Waals surface area contributed by atoms with Crippen LogP contribution in [-0.4, -0.2) is 37.3 Å². The van der Waals surface area contributed by atoms with Crippen LogP contribution in [0, 0.1) is 5.92 Å². The Bertz CT molecular complexity index is 277. The first-order valence-electron chi connectivity index (χ1n) is 5.73. The fourth-order valence-corrected chi connectivity index (χ4v) is 1.71. The zero-order valence-electron chi connectivity index (χ0n) is 10.5. The van der Waals surface area contributed by atoms with Crippen molar-refractivity contribution in [2.24, 2.45) is 5.92 Å². The smallest absolute Gasteiger partial charge is 0.407 e. The van der Waals surface area contributed by atoms with Gasteiger partial charge in [-0.2, -0.15) is 0 Å². The number of hydrogen-bond acceptors (Lipinski definition) is 3. The molecule has 0 saturated carbocycles. The van der Waals surface area contributed by atoms with Crippen LogP contribution in [0.1, 0.15) is 27.2 Å². The van der Waals surface area contributed by atoms with Gasteiger partial charge in [0.15, 0.2) is 0 Å². The molecule has 0 aliphatic carbocycles. The standard InChI is InChI=1S/C11H20F2N2O2/c1-10(2,3)17-9(16)15-6-8-4-11(12,13)7-14-5-8/h8,14H,4-7H2,1-3H3,(H,15,16). The van der Waals surface area contributed by atoms with Crippen molar-refractivity contribution in [2.75, 3.05) is 19.6 Å². The van der Waals surface area contributed by atoms with Gasteiger partial charge in [0.25, 0.3) is 5.92 Å². The molecule has 2 N–H and O–H groups in total. The first kappa shape index (κ1) is 14.2. The molecule has 1 fully saturated rings. The minimum Gasteiger partial charge on any atom is -0.444 e. The fourth-order valence-electron chi connectivity index (χ4n) is 1.71. The number of alkyl halides is 2. The van der Waals surface area contributed by atoms with Crippen molar-refractivity contribution in [1.29, 1.82) is 0 Å². The van der Waals surface area contributed by atoms with E-state index in [1.54, 1.807) is 20.8 Å². The molecule has 1 atom stereocenters. The molecule has 100 valence electrons. The van der Waals surface area contributed by atoms with Gasteiger partial charge < -0.3 is 15.4 Å². The minimum absolute atomic E-state index is 0.199. The number of carbonyl (C=O) groups is 1. The van der Waals surface area contributed by atoms with Gasteiger partial charge >= 0.3 is 6.09 Å². The number of nitrogens with one attached hydrogen (secondary N) is 2. The van der Waals surface area contributed by atoms with E-state index in [2.05, 4.69) is 10.6 Å². The van der Waals surface area contributed by atoms with Crippen LogP contribution < -0.4 is 10.6 Å². The van der Waals surface area contributed by atoms with Crippen LogP contribution >= 0.6 is 0 Å². The molecule has 17 heavy (non-hydrogen) atoms. The highest BCUT2D eigenvalue weighted by Gasteiger charge is 2.36. The molecule has 6 heteroatoms. The first-order chi connectivity index (χ1) is 7.68. The number of amides is 1. The van der Waals surface area contributed by atoms with Crippen LogP contribution in [0.4, 0.5) is 13.6 Å². The molecule has 1 rings (SSSR count). The van der Waals surface area contributed by atoms with Gasteiger partial charge in [-0.05, 0) is 26.7 Å². The van der Waals surface area contributed by atoms with E-state index in [4.69, 9.17) is 4.74 Å². The molecule has 1 saturated heterocycles. The van der Waals surface area contributed by atoms with E-state index in [1.807, 2.05) is 0 Å². The predicted octanol–water partition coefficient (Wildman–Crippen LogP) is 1.76. The Morgan fingerprint density at radius 2 is 2.18 bits per heavy atom. The highest BCUT2D eigenvalue weighted by Crippen LogP contribution is 2.25. The Morgan fingerprint density at radius 3 is 2.71 bits per heavy atom. The van der Waals surface area contributed by atoms with E-state index in [0.29, 0.717) is 6.54 Å². The highest BCUT2D eigenvalue weighted by atomic mass is 19.3. The maximum atomic E-state index is 13.0. The normalized spacial score (nSPS) is 24.2. The lowest BCUT2D eigenvalue weighted by Gasteiger charge is -2.30. The molecule has 0 aromatic heterocycles. The van der Waals surface area contributed by atoms with Gasteiger partial charge in [0.05, 0.1) is 6.54 Å². The average Bonchev–Trinajstić information content (AvgIpc) is 2.10. The summed E-state index contributed by atoms with van der Waals surface area (Å²) in [5, 5.41) is 5.17. The van der Waals surface area contributed by atoms with Crippen molar-refractivity contribution in [2.45, 2.75) is 38.7 Å². The summed E-state index contributed by atoms with van der Waals surface area (Å²) in [4.78, 5) is 11.3. The second-order valence-corrected chi connectivity index (χ2v) is 5.44. The number of alkyl carbamates (subject to hydrolysis) is 1. The first-order valence-corrected chi connectivity index (χ1v) is 5.73. The van der Waals surface area contributed by atoms with Crippen LogP contribution in [0.2, 0.25) is 0 Å². The SMILES string of the molecule is CC(C)(C)OC(=O)NCC1CNCC(F)(F)C1. The van der Waals surface area contributed by atoms with Crippen molar-refractivity contribution < 1.29 is 18.3 Å². The molecule has 0 bridgehead atoms. The Hall–Kier alpha value is -0.910. The molecule has 0 spiro atoms. The van der Waals surface area contributed by atoms with Crippen LogP contribution in [0.5, 0.6) is 0 Å². The summed E-state index contributed by atoms with van der Waals surface area (Å²) < 4.78 is 31.1. The van der Waals surface area contributed by atoms with Crippen molar-refractivity contribution in [1.82, 2.24) is 10.6 Å². The van der Waals surface area contributed by atoms with Crippen molar-refractivity contribution in [3.63, 3.8) is 0 Å². The number of hydrogen-bond donors (Lipinski definition) is 2. The van der Waals surface area contributed by atoms with Gasteiger partial charge in [0.1, 0.15) is 5.60 Å². The maximum Gasteiger partial charge on any atom is 0.407 e. The van der Waals surface area contributed by atoms with E-state index < -0.39 is 17.6 Å². The minimum atomic E-state index is -2.68. The summed E-state index contributed by atoms with van der Waals surface area (Å²) in [5.74, 6) is -2.94. The number of ether oxygens (including phenoxy) is 1. The molecule has 4 nitrogen and oxygen atoms in total. The maximum absolute atomic E-state index is 13.0. The third-order valence-corrected chi connectivity index (χ3v) is 2.34. The van der Waals surface area contributed by atoms with Gasteiger partial charge in [0.2, 0.25) is 0 Å². The Kier molecular flexibility index (Phi) is 4.30. The van der Waals surface area contributed by atoms with Gasteiger partial charge in [-0.1, -0.05) is 0 Å². The summed E-state index contributed by atoms with van der Waals surface area (Å²) >= 11 is 0.